The first-order valence-corrected chi connectivity index (χ1v) is 28.3. The maximum absolute atomic E-state index is 12.9. The Kier molecular flexibility index (Phi) is 16.7. The molecule has 10 aliphatic rings. The van der Waals surface area contributed by atoms with E-state index in [0.717, 1.165) is 110 Å². The van der Waals surface area contributed by atoms with Crippen LogP contribution in [0.1, 0.15) is 199 Å². The van der Waals surface area contributed by atoms with Gasteiger partial charge in [-0.3, -0.25) is 4.79 Å². The van der Waals surface area contributed by atoms with Crippen molar-refractivity contribution in [3.05, 3.63) is 24.3 Å². The Morgan fingerprint density at radius 3 is 1.33 bits per heavy atom. The molecule has 0 heterocycles. The number of aliphatic carboxylic acids is 2. The number of carboxylic acid groups (broad SMARTS) is 2. The number of carbonyl (C=O) groups is 3. The van der Waals surface area contributed by atoms with Gasteiger partial charge in [0.05, 0.1) is 6.10 Å². The minimum absolute atomic E-state index is 0. The van der Waals surface area contributed by atoms with E-state index in [0.29, 0.717) is 58.9 Å². The molecule has 401 valence electrons. The van der Waals surface area contributed by atoms with E-state index in [9.17, 15) is 39.9 Å². The summed E-state index contributed by atoms with van der Waals surface area (Å²) >= 11 is 0. The van der Waals surface area contributed by atoms with Crippen LogP contribution < -0.4 is 29.6 Å². The summed E-state index contributed by atoms with van der Waals surface area (Å²) < 4.78 is 0. The van der Waals surface area contributed by atoms with Gasteiger partial charge in [0.2, 0.25) is 0 Å². The monoisotopic (exact) mass is 1010 g/mol. The molecule has 72 heavy (non-hydrogen) atoms. The molecule has 0 amide bonds. The van der Waals surface area contributed by atoms with Crippen LogP contribution >= 0.6 is 0 Å². The van der Waals surface area contributed by atoms with E-state index in [1.165, 1.54) is 19.3 Å². The van der Waals surface area contributed by atoms with Crippen molar-refractivity contribution in [2.45, 2.75) is 204 Å². The standard InChI is InChI=1S/C30H48O4.C30H46O4.CH4O.B.Na.H/c2*1-18(25(33)34)19-9-14-30(17-31)16-15-28(5)20(24(19)30)7-8-22-27(4)12-11-23(32)26(2,3)21(27)10-13-29(22,28)6;1-2;;;/h19-24,31-32H,1,7-17H2,2-6H3,(H,33,34);19-22,24,31H,1,7-17H2,2-6H3,(H,33,34);2H,1H3;;;/q;;;;+1;-1/t19-,20+,21-,22+,23-,24+,27-,28+,29+,30+;19-,20+,21-,22+,24+,27-,28+,29+,30+;;;;/m00..../s1. The number of aliphatic hydroxyl groups excluding tert-OH is 4. The molecule has 0 aliphatic heterocycles. The fourth-order valence-electron chi connectivity index (χ4n) is 22.9. The predicted molar refractivity (Wildman–Crippen MR) is 282 cm³/mol. The third-order valence-electron chi connectivity index (χ3n) is 27.0. The minimum Gasteiger partial charge on any atom is -1.00 e. The molecule has 9 nitrogen and oxygen atoms in total. The van der Waals surface area contributed by atoms with Gasteiger partial charge in [-0.15, -0.1) is 0 Å². The van der Waals surface area contributed by atoms with Crippen molar-refractivity contribution in [3.63, 3.8) is 0 Å². The Bertz CT molecular complexity index is 2120. The maximum Gasteiger partial charge on any atom is 1.00 e. The van der Waals surface area contributed by atoms with Gasteiger partial charge in [0.15, 0.2) is 0 Å². The van der Waals surface area contributed by atoms with Crippen molar-refractivity contribution >= 4 is 26.1 Å². The van der Waals surface area contributed by atoms with E-state index in [-0.39, 0.29) is 137 Å². The van der Waals surface area contributed by atoms with Gasteiger partial charge in [0, 0.05) is 51.7 Å². The number of hydrogen-bond acceptors (Lipinski definition) is 7. The number of ketones is 1. The van der Waals surface area contributed by atoms with Crippen molar-refractivity contribution < 1.29 is 76.0 Å². The topological polar surface area (TPSA) is 173 Å². The number of hydrogen-bond donors (Lipinski definition) is 6. The fraction of sp³-hybridized carbons (Fsp3) is 0.885. The van der Waals surface area contributed by atoms with Crippen LogP contribution in [0.5, 0.6) is 0 Å². The molecule has 10 fully saturated rings. The Labute approximate surface area is 461 Å². The van der Waals surface area contributed by atoms with Gasteiger partial charge in [0.1, 0.15) is 5.78 Å². The van der Waals surface area contributed by atoms with Gasteiger partial charge >= 0.3 is 41.5 Å². The van der Waals surface area contributed by atoms with E-state index >= 15 is 0 Å². The first-order valence-electron chi connectivity index (χ1n) is 28.3. The summed E-state index contributed by atoms with van der Waals surface area (Å²) in [6, 6.07) is 0. The zero-order chi connectivity index (χ0) is 51.8. The molecule has 0 unspecified atom stereocenters. The van der Waals surface area contributed by atoms with Crippen LogP contribution in [-0.2, 0) is 14.4 Å². The molecule has 0 aromatic heterocycles. The van der Waals surface area contributed by atoms with Gasteiger partial charge < -0.3 is 32.1 Å². The van der Waals surface area contributed by atoms with Gasteiger partial charge in [-0.2, -0.15) is 0 Å². The summed E-state index contributed by atoms with van der Waals surface area (Å²) in [5, 5.41) is 58.8. The van der Waals surface area contributed by atoms with E-state index in [4.69, 9.17) is 5.11 Å². The zero-order valence-corrected chi connectivity index (χ0v) is 49.3. The summed E-state index contributed by atoms with van der Waals surface area (Å²) in [7, 11) is 1.00. The molecule has 0 aromatic carbocycles. The number of carbonyl (C=O) groups excluding carboxylic acids is 1. The summed E-state index contributed by atoms with van der Waals surface area (Å²) in [6.07, 6.45) is 20.6. The molecule has 0 aromatic rings. The average Bonchev–Trinajstić information content (AvgIpc) is 3.90. The Morgan fingerprint density at radius 1 is 0.528 bits per heavy atom. The molecule has 10 aliphatic carbocycles. The number of Topliss-reactive ketones (excluding diaryl/α,β-unsaturated/α-hetero) is 1. The van der Waals surface area contributed by atoms with E-state index in [2.05, 4.69) is 82.4 Å². The summed E-state index contributed by atoms with van der Waals surface area (Å²) in [6.45, 7) is 32.6. The Morgan fingerprint density at radius 2 is 0.931 bits per heavy atom. The molecular weight excluding hydrogens is 910 g/mol. The molecule has 3 radical (unpaired) electrons. The molecule has 6 N–H and O–H groups in total. The van der Waals surface area contributed by atoms with Crippen molar-refractivity contribution in [2.75, 3.05) is 20.3 Å². The normalized spacial score (nSPS) is 49.8. The summed E-state index contributed by atoms with van der Waals surface area (Å²) in [5.41, 5.74) is 1.27. The van der Waals surface area contributed by atoms with Gasteiger partial charge in [-0.1, -0.05) is 82.4 Å². The summed E-state index contributed by atoms with van der Waals surface area (Å²) in [4.78, 5) is 36.9. The average molecular weight is 1010 g/mol. The van der Waals surface area contributed by atoms with E-state index < -0.39 is 11.9 Å². The SMILES string of the molecule is C=C(C(=O)O)[C@@H]1CC[C@]2(CO)CC[C@]3(C)[C@H](CC[C@@H]4[C@@]5(C)CCC(=O)C(C)(C)[C@@H]5CC[C@]43C)[C@@H]12.C=C(C(=O)O)[C@@H]1CC[C@]2(CO)CC[C@]3(C)[C@H](CC[C@@H]4[C@@]5(C)CC[C@H](O)C(C)(C)[C@@H]5CC[C@]43C)[C@@H]12.CO.[B].[H-].[Na+]. The Hall–Kier alpha value is -1.01. The number of carboxylic acids is 2. The van der Waals surface area contributed by atoms with Crippen LogP contribution in [0.2, 0.25) is 0 Å². The van der Waals surface area contributed by atoms with E-state index in [1.54, 1.807) is 0 Å². The summed E-state index contributed by atoms with van der Waals surface area (Å²) in [5.74, 6) is 2.24. The van der Waals surface area contributed by atoms with Crippen molar-refractivity contribution in [3.8, 4) is 0 Å². The third-order valence-corrected chi connectivity index (χ3v) is 27.0. The van der Waals surface area contributed by atoms with Crippen LogP contribution in [0.3, 0.4) is 0 Å². The van der Waals surface area contributed by atoms with Crippen LogP contribution in [0.4, 0.5) is 0 Å². The molecule has 0 spiro atoms. The molecule has 0 saturated heterocycles. The second-order valence-electron chi connectivity index (χ2n) is 28.9. The first kappa shape index (κ1) is 60.2. The molecule has 0 bridgehead atoms. The van der Waals surface area contributed by atoms with Crippen molar-refractivity contribution in [1.82, 2.24) is 0 Å². The molecule has 11 heteroatoms. The fourth-order valence-corrected chi connectivity index (χ4v) is 22.9. The van der Waals surface area contributed by atoms with Gasteiger partial charge in [-0.25, -0.2) is 9.59 Å². The van der Waals surface area contributed by atoms with E-state index in [1.807, 2.05) is 0 Å². The molecule has 19 atom stereocenters. The first-order chi connectivity index (χ1) is 32.6. The van der Waals surface area contributed by atoms with Crippen LogP contribution in [0.15, 0.2) is 24.3 Å². The van der Waals surface area contributed by atoms with Crippen molar-refractivity contribution in [2.24, 2.45) is 113 Å². The number of rotatable bonds is 6. The third kappa shape index (κ3) is 8.06. The zero-order valence-electron chi connectivity index (χ0n) is 48.3. The van der Waals surface area contributed by atoms with Gasteiger partial charge in [0.25, 0.3) is 0 Å². The van der Waals surface area contributed by atoms with Crippen LogP contribution in [-0.4, -0.2) is 83.2 Å². The Balaban J connectivity index is 0.000000252. The quantitative estimate of drug-likeness (QED) is 0.113. The minimum atomic E-state index is -0.868. The largest absolute Gasteiger partial charge is 1.00 e. The van der Waals surface area contributed by atoms with Crippen molar-refractivity contribution in [1.29, 1.82) is 0 Å². The molecular formula is C61H99BNaO9. The number of aliphatic hydroxyl groups is 4. The smallest absolute Gasteiger partial charge is 1.00 e. The second-order valence-corrected chi connectivity index (χ2v) is 28.9. The second kappa shape index (κ2) is 20.0. The van der Waals surface area contributed by atoms with Crippen LogP contribution in [0.25, 0.3) is 0 Å². The predicted octanol–water partition coefficient (Wildman–Crippen LogP) is 8.68. The van der Waals surface area contributed by atoms with Gasteiger partial charge in [-0.05, 0) is 230 Å². The molecule has 10 saturated carbocycles. The molecule has 10 rings (SSSR count). The van der Waals surface area contributed by atoms with Crippen LogP contribution in [0, 0.1) is 113 Å². The number of fused-ring (bicyclic) bond motifs is 14. The maximum atomic E-state index is 12.9.